The molecule has 31 heavy (non-hydrogen) atoms. The minimum absolute atomic E-state index is 0.0225. The van der Waals surface area contributed by atoms with Gasteiger partial charge < -0.3 is 15.3 Å². The molecule has 0 bridgehead atoms. The molecule has 0 aromatic heterocycles. The number of nitrogens with zero attached hydrogens (tertiary/aromatic N) is 2. The highest BCUT2D eigenvalue weighted by Gasteiger charge is 2.39. The molecule has 178 valence electrons. The van der Waals surface area contributed by atoms with Crippen LogP contribution in [-0.2, 0) is 14.4 Å². The maximum Gasteiger partial charge on any atom is 0.331 e. The summed E-state index contributed by atoms with van der Waals surface area (Å²) in [6.07, 6.45) is 4.50. The maximum absolute atomic E-state index is 13.5. The molecule has 1 heterocycles. The summed E-state index contributed by atoms with van der Waals surface area (Å²) in [4.78, 5) is 41.9. The minimum atomic E-state index is -1.00. The number of carbonyl (C=O) groups is 3. The van der Waals surface area contributed by atoms with Crippen molar-refractivity contribution >= 4 is 17.8 Å². The lowest BCUT2D eigenvalue weighted by atomic mass is 9.84. The Morgan fingerprint density at radius 3 is 2.16 bits per heavy atom. The number of carboxylic acid groups (broad SMARTS) is 1. The summed E-state index contributed by atoms with van der Waals surface area (Å²) in [7, 11) is 1.69. The summed E-state index contributed by atoms with van der Waals surface area (Å²) in [5.41, 5.74) is -0.296. The lowest BCUT2D eigenvalue weighted by Crippen LogP contribution is -2.60. The van der Waals surface area contributed by atoms with Crippen LogP contribution in [0.15, 0.2) is 11.6 Å². The summed E-state index contributed by atoms with van der Waals surface area (Å²) >= 11 is 0. The monoisotopic (exact) mass is 437 g/mol. The number of carbonyl (C=O) groups excluding carboxylic acids is 2. The minimum Gasteiger partial charge on any atom is -0.478 e. The van der Waals surface area contributed by atoms with E-state index in [1.165, 1.54) is 6.92 Å². The number of amides is 2. The molecule has 0 unspecified atom stereocenters. The average Bonchev–Trinajstić information content (AvgIpc) is 2.67. The quantitative estimate of drug-likeness (QED) is 0.569. The number of nitrogens with one attached hydrogen (secondary N) is 1. The molecule has 1 saturated heterocycles. The van der Waals surface area contributed by atoms with Crippen molar-refractivity contribution in [3.63, 3.8) is 0 Å². The van der Waals surface area contributed by atoms with Gasteiger partial charge in [0, 0.05) is 18.7 Å². The van der Waals surface area contributed by atoms with Crippen LogP contribution >= 0.6 is 0 Å². The second-order valence-electron chi connectivity index (χ2n) is 10.5. The lowest BCUT2D eigenvalue weighted by Gasteiger charge is -2.41. The number of likely N-dealkylation sites (N-methyl/N-ethyl adjacent to an activating group) is 1. The van der Waals surface area contributed by atoms with E-state index < -0.39 is 17.4 Å². The Kier molecular flexibility index (Phi) is 9.73. The Labute approximate surface area is 188 Å². The highest BCUT2D eigenvalue weighted by molar-refractivity contribution is 5.91. The van der Waals surface area contributed by atoms with Gasteiger partial charge in [-0.15, -0.1) is 0 Å². The molecule has 1 fully saturated rings. The van der Waals surface area contributed by atoms with E-state index in [0.717, 1.165) is 25.8 Å². The second kappa shape index (κ2) is 11.1. The van der Waals surface area contributed by atoms with Crippen LogP contribution in [0.3, 0.4) is 0 Å². The molecular weight excluding hydrogens is 394 g/mol. The third kappa shape index (κ3) is 7.34. The number of rotatable bonds is 8. The second-order valence-corrected chi connectivity index (χ2v) is 10.5. The predicted octanol–water partition coefficient (Wildman–Crippen LogP) is 3.29. The van der Waals surface area contributed by atoms with E-state index in [9.17, 15) is 19.5 Å². The van der Waals surface area contributed by atoms with Crippen LogP contribution in [0.1, 0.15) is 74.7 Å². The summed E-state index contributed by atoms with van der Waals surface area (Å²) in [5, 5.41) is 12.3. The lowest BCUT2D eigenvalue weighted by molar-refractivity contribution is -0.142. The highest BCUT2D eigenvalue weighted by atomic mass is 16.4. The summed E-state index contributed by atoms with van der Waals surface area (Å²) in [6, 6.07) is -1.06. The Bertz CT molecular complexity index is 679. The normalized spacial score (nSPS) is 20.5. The van der Waals surface area contributed by atoms with Gasteiger partial charge >= 0.3 is 5.97 Å². The van der Waals surface area contributed by atoms with Crippen molar-refractivity contribution in [3.8, 4) is 0 Å². The fourth-order valence-electron chi connectivity index (χ4n) is 4.17. The van der Waals surface area contributed by atoms with Gasteiger partial charge in [0.25, 0.3) is 0 Å². The van der Waals surface area contributed by atoms with Crippen LogP contribution in [0, 0.1) is 11.3 Å². The number of carboxylic acids is 1. The first kappa shape index (κ1) is 27.1. The Morgan fingerprint density at radius 1 is 1.13 bits per heavy atom. The van der Waals surface area contributed by atoms with Crippen molar-refractivity contribution in [1.82, 2.24) is 15.1 Å². The van der Waals surface area contributed by atoms with E-state index in [1.807, 2.05) is 34.6 Å². The van der Waals surface area contributed by atoms with Crippen LogP contribution in [0.25, 0.3) is 0 Å². The molecule has 0 aromatic carbocycles. The standard InChI is InChI=1S/C24H43N3O4/c1-15(2)19(14-17(5)23(30)31)26(9)22(29)20(24(6,7)8)25-21(28)18-12-10-11-13-27(18)16(3)4/h14-16,18-20H,10-13H2,1-9H3,(H,25,28)(H,30,31)/b17-14+/t18-,19-,20-/m1/s1. The molecule has 1 rings (SSSR count). The van der Waals surface area contributed by atoms with Crippen LogP contribution in [0.2, 0.25) is 0 Å². The smallest absolute Gasteiger partial charge is 0.331 e. The topological polar surface area (TPSA) is 90.0 Å². The molecule has 7 heteroatoms. The molecule has 1 aliphatic rings. The van der Waals surface area contributed by atoms with Crippen LogP contribution in [0.5, 0.6) is 0 Å². The molecule has 0 radical (unpaired) electrons. The largest absolute Gasteiger partial charge is 0.478 e. The van der Waals surface area contributed by atoms with Gasteiger partial charge in [-0.1, -0.05) is 47.1 Å². The van der Waals surface area contributed by atoms with Crippen molar-refractivity contribution in [2.75, 3.05) is 13.6 Å². The molecule has 7 nitrogen and oxygen atoms in total. The van der Waals surface area contributed by atoms with Gasteiger partial charge in [0.05, 0.1) is 12.1 Å². The fraction of sp³-hybridized carbons (Fsp3) is 0.792. The zero-order valence-corrected chi connectivity index (χ0v) is 20.9. The van der Waals surface area contributed by atoms with Crippen LogP contribution in [0.4, 0.5) is 0 Å². The molecule has 3 atom stereocenters. The van der Waals surface area contributed by atoms with Crippen LogP contribution in [-0.4, -0.2) is 70.4 Å². The Hall–Kier alpha value is -1.89. The van der Waals surface area contributed by atoms with Crippen LogP contribution < -0.4 is 5.32 Å². The van der Waals surface area contributed by atoms with Gasteiger partial charge in [0.15, 0.2) is 0 Å². The highest BCUT2D eigenvalue weighted by Crippen LogP contribution is 2.25. The maximum atomic E-state index is 13.5. The number of hydrogen-bond acceptors (Lipinski definition) is 4. The Balaban J connectivity index is 3.15. The van der Waals surface area contributed by atoms with Gasteiger partial charge in [-0.3, -0.25) is 14.5 Å². The van der Waals surface area contributed by atoms with Gasteiger partial charge in [-0.25, -0.2) is 4.79 Å². The third-order valence-corrected chi connectivity index (χ3v) is 6.15. The van der Waals surface area contributed by atoms with Crippen molar-refractivity contribution in [2.45, 2.75) is 98.8 Å². The molecule has 0 aliphatic carbocycles. The molecule has 2 N–H and O–H groups in total. The number of likely N-dealkylation sites (tertiary alicyclic amines) is 1. The van der Waals surface area contributed by atoms with Crippen molar-refractivity contribution in [3.05, 3.63) is 11.6 Å². The third-order valence-electron chi connectivity index (χ3n) is 6.15. The molecule has 0 saturated carbocycles. The van der Waals surface area contributed by atoms with Gasteiger partial charge in [-0.2, -0.15) is 0 Å². The zero-order valence-electron chi connectivity index (χ0n) is 20.9. The van der Waals surface area contributed by atoms with Crippen molar-refractivity contribution in [1.29, 1.82) is 0 Å². The SMILES string of the molecule is C/C(=C\[C@H](C(C)C)N(C)C(=O)[C@@H](NC(=O)[C@H]1CCCCN1C(C)C)C(C)(C)C)C(=O)O. The van der Waals surface area contributed by atoms with E-state index >= 15 is 0 Å². The predicted molar refractivity (Wildman–Crippen MR) is 124 cm³/mol. The summed E-state index contributed by atoms with van der Waals surface area (Å²) in [5.74, 6) is -1.29. The number of hydrogen-bond donors (Lipinski definition) is 2. The average molecular weight is 438 g/mol. The number of piperidine rings is 1. The van der Waals surface area contributed by atoms with Crippen molar-refractivity contribution < 1.29 is 19.5 Å². The molecule has 1 aliphatic heterocycles. The number of aliphatic carboxylic acids is 1. The van der Waals surface area contributed by atoms with E-state index in [4.69, 9.17) is 0 Å². The van der Waals surface area contributed by atoms with E-state index in [-0.39, 0.29) is 41.4 Å². The Morgan fingerprint density at radius 2 is 1.71 bits per heavy atom. The van der Waals surface area contributed by atoms with Gasteiger partial charge in [0.1, 0.15) is 6.04 Å². The van der Waals surface area contributed by atoms with Gasteiger partial charge in [-0.05, 0) is 51.5 Å². The van der Waals surface area contributed by atoms with Crippen molar-refractivity contribution in [2.24, 2.45) is 11.3 Å². The van der Waals surface area contributed by atoms with E-state index in [0.29, 0.717) is 0 Å². The summed E-state index contributed by atoms with van der Waals surface area (Å²) in [6.45, 7) is 16.3. The van der Waals surface area contributed by atoms with Gasteiger partial charge in [0.2, 0.25) is 11.8 Å². The molecule has 0 aromatic rings. The first-order valence-electron chi connectivity index (χ1n) is 11.4. The fourth-order valence-corrected chi connectivity index (χ4v) is 4.17. The molecule has 0 spiro atoms. The van der Waals surface area contributed by atoms with E-state index in [1.54, 1.807) is 18.0 Å². The summed E-state index contributed by atoms with van der Waals surface area (Å²) < 4.78 is 0. The zero-order chi connectivity index (χ0) is 24.1. The first-order chi connectivity index (χ1) is 14.2. The molecule has 2 amide bonds. The first-order valence-corrected chi connectivity index (χ1v) is 11.4. The van der Waals surface area contributed by atoms with E-state index in [2.05, 4.69) is 24.1 Å². The molecular formula is C24H43N3O4.